The minimum Gasteiger partial charge on any atom is -0.329 e. The number of nitrogens with one attached hydrogen (secondary N) is 1. The zero-order chi connectivity index (χ0) is 12.6. The highest BCUT2D eigenvalue weighted by atomic mass is 14.9. The third-order valence-corrected chi connectivity index (χ3v) is 3.05. The number of nitrogens with two attached hydrogens (primary N) is 1. The highest BCUT2D eigenvalue weighted by Gasteiger charge is 2.06. The molecule has 3 N–H and O–H groups in total. The molecular weight excluding hydrogens is 220 g/mol. The van der Waals surface area contributed by atoms with Crippen molar-refractivity contribution in [1.29, 1.82) is 0 Å². The fraction of sp³-hybridized carbons (Fsp3) is 0.250. The van der Waals surface area contributed by atoms with Gasteiger partial charge < -0.3 is 11.1 Å². The molecule has 0 unspecified atom stereocenters. The number of hydrogen-bond acceptors (Lipinski definition) is 2. The molecule has 0 saturated heterocycles. The molecule has 0 saturated carbocycles. The van der Waals surface area contributed by atoms with Crippen LogP contribution >= 0.6 is 0 Å². The van der Waals surface area contributed by atoms with E-state index in [-0.39, 0.29) is 0 Å². The topological polar surface area (TPSA) is 38.0 Å². The van der Waals surface area contributed by atoms with Gasteiger partial charge >= 0.3 is 0 Å². The van der Waals surface area contributed by atoms with Gasteiger partial charge in [0.2, 0.25) is 0 Å². The Morgan fingerprint density at radius 2 is 1.39 bits per heavy atom. The standard InChI is InChI=1S/C16H20N2/c17-12-16(11-14-7-3-1-4-8-14)18-13-15-9-5-2-6-10-15/h1-10,16,18H,11-13,17H2/t16-/m0/s1. The van der Waals surface area contributed by atoms with E-state index < -0.39 is 0 Å². The Morgan fingerprint density at radius 3 is 1.94 bits per heavy atom. The van der Waals surface area contributed by atoms with E-state index >= 15 is 0 Å². The first-order valence-electron chi connectivity index (χ1n) is 6.40. The summed E-state index contributed by atoms with van der Waals surface area (Å²) in [5.41, 5.74) is 8.44. The lowest BCUT2D eigenvalue weighted by molar-refractivity contribution is 0.515. The van der Waals surface area contributed by atoms with Gasteiger partial charge in [0.05, 0.1) is 0 Å². The van der Waals surface area contributed by atoms with Crippen molar-refractivity contribution in [1.82, 2.24) is 5.32 Å². The Balaban J connectivity index is 1.86. The van der Waals surface area contributed by atoms with Crippen LogP contribution in [0.15, 0.2) is 60.7 Å². The summed E-state index contributed by atoms with van der Waals surface area (Å²) in [6.45, 7) is 1.53. The minimum absolute atomic E-state index is 0.326. The molecule has 94 valence electrons. The molecule has 0 aliphatic carbocycles. The molecule has 0 aliphatic heterocycles. The van der Waals surface area contributed by atoms with E-state index in [1.54, 1.807) is 0 Å². The van der Waals surface area contributed by atoms with Crippen molar-refractivity contribution in [3.8, 4) is 0 Å². The molecule has 2 aromatic carbocycles. The van der Waals surface area contributed by atoms with Crippen LogP contribution in [0.3, 0.4) is 0 Å². The maximum Gasteiger partial charge on any atom is 0.0233 e. The van der Waals surface area contributed by atoms with E-state index in [0.29, 0.717) is 12.6 Å². The summed E-state index contributed by atoms with van der Waals surface area (Å²) in [4.78, 5) is 0. The monoisotopic (exact) mass is 240 g/mol. The predicted molar refractivity (Wildman–Crippen MR) is 76.3 cm³/mol. The van der Waals surface area contributed by atoms with E-state index in [1.807, 2.05) is 12.1 Å². The van der Waals surface area contributed by atoms with Crippen molar-refractivity contribution in [3.63, 3.8) is 0 Å². The van der Waals surface area contributed by atoms with Crippen LogP contribution in [-0.2, 0) is 13.0 Å². The number of rotatable bonds is 6. The number of benzene rings is 2. The summed E-state index contributed by atoms with van der Waals surface area (Å²) in [6.07, 6.45) is 0.976. The van der Waals surface area contributed by atoms with Gasteiger partial charge in [-0.1, -0.05) is 60.7 Å². The molecule has 0 fully saturated rings. The average Bonchev–Trinajstić information content (AvgIpc) is 2.45. The molecule has 0 aliphatic rings. The van der Waals surface area contributed by atoms with Gasteiger partial charge in [0.25, 0.3) is 0 Å². The molecule has 0 radical (unpaired) electrons. The van der Waals surface area contributed by atoms with E-state index in [4.69, 9.17) is 5.73 Å². The van der Waals surface area contributed by atoms with Crippen LogP contribution in [0.25, 0.3) is 0 Å². The van der Waals surface area contributed by atoms with Crippen molar-refractivity contribution in [3.05, 3.63) is 71.8 Å². The fourth-order valence-electron chi connectivity index (χ4n) is 2.00. The zero-order valence-corrected chi connectivity index (χ0v) is 10.5. The molecule has 1 atom stereocenters. The Kier molecular flexibility index (Phi) is 4.94. The van der Waals surface area contributed by atoms with Gasteiger partial charge in [-0.25, -0.2) is 0 Å². The van der Waals surface area contributed by atoms with Gasteiger partial charge in [-0.15, -0.1) is 0 Å². The molecule has 0 spiro atoms. The molecule has 2 nitrogen and oxygen atoms in total. The van der Waals surface area contributed by atoms with E-state index in [0.717, 1.165) is 13.0 Å². The van der Waals surface area contributed by atoms with Crippen LogP contribution in [0, 0.1) is 0 Å². The van der Waals surface area contributed by atoms with E-state index in [1.165, 1.54) is 11.1 Å². The Labute approximate surface area is 109 Å². The second kappa shape index (κ2) is 6.94. The molecule has 2 rings (SSSR count). The summed E-state index contributed by atoms with van der Waals surface area (Å²) >= 11 is 0. The average molecular weight is 240 g/mol. The third-order valence-electron chi connectivity index (χ3n) is 3.05. The van der Waals surface area contributed by atoms with Gasteiger partial charge in [0, 0.05) is 19.1 Å². The van der Waals surface area contributed by atoms with Crippen LogP contribution in [-0.4, -0.2) is 12.6 Å². The quantitative estimate of drug-likeness (QED) is 0.813. The Morgan fingerprint density at radius 1 is 0.833 bits per heavy atom. The highest BCUT2D eigenvalue weighted by molar-refractivity contribution is 5.17. The Bertz CT molecular complexity index is 439. The smallest absolute Gasteiger partial charge is 0.0233 e. The molecule has 18 heavy (non-hydrogen) atoms. The van der Waals surface area contributed by atoms with Crippen LogP contribution < -0.4 is 11.1 Å². The van der Waals surface area contributed by atoms with Crippen LogP contribution in [0.2, 0.25) is 0 Å². The van der Waals surface area contributed by atoms with Gasteiger partial charge in [-0.2, -0.15) is 0 Å². The summed E-state index contributed by atoms with van der Waals surface area (Å²) in [7, 11) is 0. The molecule has 0 aromatic heterocycles. The second-order valence-corrected chi connectivity index (χ2v) is 4.49. The summed E-state index contributed by atoms with van der Waals surface area (Å²) < 4.78 is 0. The first-order chi connectivity index (χ1) is 8.88. The van der Waals surface area contributed by atoms with Crippen molar-refractivity contribution >= 4 is 0 Å². The van der Waals surface area contributed by atoms with Crippen molar-refractivity contribution in [2.24, 2.45) is 5.73 Å². The maximum absolute atomic E-state index is 5.82. The first-order valence-corrected chi connectivity index (χ1v) is 6.40. The lowest BCUT2D eigenvalue weighted by Gasteiger charge is -2.17. The van der Waals surface area contributed by atoms with E-state index in [2.05, 4.69) is 53.8 Å². The lowest BCUT2D eigenvalue weighted by atomic mass is 10.1. The molecule has 0 bridgehead atoms. The summed E-state index contributed by atoms with van der Waals surface area (Å²) in [5.74, 6) is 0. The predicted octanol–water partition coefficient (Wildman–Crippen LogP) is 2.35. The fourth-order valence-corrected chi connectivity index (χ4v) is 2.00. The molecule has 2 aromatic rings. The van der Waals surface area contributed by atoms with Gasteiger partial charge in [0.1, 0.15) is 0 Å². The zero-order valence-electron chi connectivity index (χ0n) is 10.5. The normalized spacial score (nSPS) is 12.3. The summed E-state index contributed by atoms with van der Waals surface area (Å²) in [5, 5.41) is 3.51. The summed E-state index contributed by atoms with van der Waals surface area (Å²) in [6, 6.07) is 21.2. The molecule has 2 heteroatoms. The minimum atomic E-state index is 0.326. The van der Waals surface area contributed by atoms with Crippen molar-refractivity contribution in [2.75, 3.05) is 6.54 Å². The van der Waals surface area contributed by atoms with Crippen molar-refractivity contribution < 1.29 is 0 Å². The van der Waals surface area contributed by atoms with Crippen LogP contribution in [0.1, 0.15) is 11.1 Å². The van der Waals surface area contributed by atoms with Gasteiger partial charge in [0.15, 0.2) is 0 Å². The highest BCUT2D eigenvalue weighted by Crippen LogP contribution is 2.04. The first kappa shape index (κ1) is 12.8. The van der Waals surface area contributed by atoms with Gasteiger partial charge in [-0.05, 0) is 17.5 Å². The van der Waals surface area contributed by atoms with E-state index in [9.17, 15) is 0 Å². The SMILES string of the molecule is NC[C@H](Cc1ccccc1)NCc1ccccc1. The van der Waals surface area contributed by atoms with Crippen molar-refractivity contribution in [2.45, 2.75) is 19.0 Å². The van der Waals surface area contributed by atoms with Gasteiger partial charge in [-0.3, -0.25) is 0 Å². The molecular formula is C16H20N2. The largest absolute Gasteiger partial charge is 0.329 e. The van der Waals surface area contributed by atoms with Crippen LogP contribution in [0.4, 0.5) is 0 Å². The lowest BCUT2D eigenvalue weighted by Crippen LogP contribution is -2.37. The number of hydrogen-bond donors (Lipinski definition) is 2. The van der Waals surface area contributed by atoms with Crippen LogP contribution in [0.5, 0.6) is 0 Å². The maximum atomic E-state index is 5.82. The Hall–Kier alpha value is -1.64. The third kappa shape index (κ3) is 3.99. The second-order valence-electron chi connectivity index (χ2n) is 4.49. The molecule has 0 amide bonds. The molecule has 0 heterocycles.